The highest BCUT2D eigenvalue weighted by Crippen LogP contribution is 2.26. The van der Waals surface area contributed by atoms with Gasteiger partial charge in [-0.05, 0) is 40.8 Å². The summed E-state index contributed by atoms with van der Waals surface area (Å²) in [6, 6.07) is 39.9. The number of nitrogens with one attached hydrogen (secondary N) is 1. The Hall–Kier alpha value is -4.13. The molecule has 0 saturated heterocycles. The number of anilines is 1. The van der Waals surface area contributed by atoms with Gasteiger partial charge < -0.3 is 10.2 Å². The molecule has 1 amide bonds. The van der Waals surface area contributed by atoms with Crippen molar-refractivity contribution < 1.29 is 4.79 Å². The van der Waals surface area contributed by atoms with E-state index in [0.717, 1.165) is 16.9 Å². The van der Waals surface area contributed by atoms with E-state index < -0.39 is 0 Å². The first-order chi connectivity index (χ1) is 20.0. The second-order valence-corrected chi connectivity index (χ2v) is 11.1. The van der Waals surface area contributed by atoms with Crippen molar-refractivity contribution in [1.29, 1.82) is 0 Å². The average Bonchev–Trinajstić information content (AvgIpc) is 3.01. The van der Waals surface area contributed by atoms with Crippen LogP contribution in [-0.2, 0) is 18.7 Å². The van der Waals surface area contributed by atoms with Gasteiger partial charge in [0.1, 0.15) is 11.0 Å². The van der Waals surface area contributed by atoms with E-state index in [1.54, 1.807) is 6.07 Å². The molecule has 0 bridgehead atoms. The Morgan fingerprint density at radius 2 is 1.44 bits per heavy atom. The quantitative estimate of drug-likeness (QED) is 0.0985. The molecule has 41 heavy (non-hydrogen) atoms. The van der Waals surface area contributed by atoms with E-state index in [1.807, 2.05) is 85.9 Å². The summed E-state index contributed by atoms with van der Waals surface area (Å²) in [5, 5.41) is 4.24. The largest absolute Gasteiger partial charge is 0.355 e. The second-order valence-electron chi connectivity index (χ2n) is 9.79. The van der Waals surface area contributed by atoms with E-state index in [2.05, 4.69) is 51.6 Å². The monoisotopic (exact) mass is 578 g/mol. The molecule has 0 spiro atoms. The lowest BCUT2D eigenvalue weighted by Crippen LogP contribution is -2.30. The molecule has 0 aliphatic heterocycles. The first kappa shape index (κ1) is 28.4. The number of halogens is 1. The first-order valence-electron chi connectivity index (χ1n) is 13.4. The van der Waals surface area contributed by atoms with Crippen LogP contribution in [0.4, 0.5) is 5.82 Å². The van der Waals surface area contributed by atoms with Gasteiger partial charge in [-0.25, -0.2) is 9.97 Å². The van der Waals surface area contributed by atoms with Gasteiger partial charge in [-0.2, -0.15) is 0 Å². The van der Waals surface area contributed by atoms with Crippen molar-refractivity contribution in [3.05, 3.63) is 154 Å². The van der Waals surface area contributed by atoms with Crippen LogP contribution in [0.15, 0.2) is 126 Å². The van der Waals surface area contributed by atoms with E-state index in [9.17, 15) is 4.79 Å². The third-order valence-electron chi connectivity index (χ3n) is 6.66. The fourth-order valence-electron chi connectivity index (χ4n) is 4.56. The third-order valence-corrected chi connectivity index (χ3v) is 7.77. The van der Waals surface area contributed by atoms with Crippen LogP contribution in [0.2, 0.25) is 5.15 Å². The van der Waals surface area contributed by atoms with Crippen molar-refractivity contribution in [2.24, 2.45) is 0 Å². The molecule has 0 fully saturated rings. The standard InChI is InChI=1S/C34H31ClN4OS/c1-39(23-26-14-7-3-8-15-26)32-22-31(35)37-34(38-32)41-24-27-16-11-19-29(20-27)33(40)36-30(28-17-9-4-10-18-28)21-25-12-5-2-6-13-25/h2-20,22,30H,21,23-24H2,1H3,(H,36,40). The average molecular weight is 579 g/mol. The molecule has 5 aromatic rings. The lowest BCUT2D eigenvalue weighted by molar-refractivity contribution is 0.0936. The Bertz CT molecular complexity index is 1570. The Morgan fingerprint density at radius 3 is 2.15 bits per heavy atom. The zero-order valence-corrected chi connectivity index (χ0v) is 24.4. The molecule has 206 valence electrons. The molecule has 4 aromatic carbocycles. The fraction of sp³-hybridized carbons (Fsp3) is 0.147. The maximum absolute atomic E-state index is 13.4. The molecule has 0 aliphatic rings. The summed E-state index contributed by atoms with van der Waals surface area (Å²) in [6.07, 6.45) is 0.708. The minimum Gasteiger partial charge on any atom is -0.355 e. The third kappa shape index (κ3) is 8.19. The Balaban J connectivity index is 1.26. The zero-order valence-electron chi connectivity index (χ0n) is 22.8. The van der Waals surface area contributed by atoms with Crippen LogP contribution < -0.4 is 10.2 Å². The van der Waals surface area contributed by atoms with Gasteiger partial charge >= 0.3 is 0 Å². The molecule has 5 nitrogen and oxygen atoms in total. The predicted molar refractivity (Wildman–Crippen MR) is 168 cm³/mol. The lowest BCUT2D eigenvalue weighted by Gasteiger charge is -2.20. The maximum atomic E-state index is 13.4. The van der Waals surface area contributed by atoms with Crippen LogP contribution in [0, 0.1) is 0 Å². The molecule has 5 rings (SSSR count). The van der Waals surface area contributed by atoms with Crippen LogP contribution in [-0.4, -0.2) is 22.9 Å². The van der Waals surface area contributed by atoms with Gasteiger partial charge in [0.2, 0.25) is 0 Å². The molecule has 0 radical (unpaired) electrons. The lowest BCUT2D eigenvalue weighted by atomic mass is 9.98. The first-order valence-corrected chi connectivity index (χ1v) is 14.8. The number of carbonyl (C=O) groups excluding carboxylic acids is 1. The molecule has 0 aliphatic carbocycles. The van der Waals surface area contributed by atoms with Crippen molar-refractivity contribution in [1.82, 2.24) is 15.3 Å². The number of thioether (sulfide) groups is 1. The summed E-state index contributed by atoms with van der Waals surface area (Å²) in [5.74, 6) is 1.26. The summed E-state index contributed by atoms with van der Waals surface area (Å²) < 4.78 is 0. The fourth-order valence-corrected chi connectivity index (χ4v) is 5.59. The summed E-state index contributed by atoms with van der Waals surface area (Å²) >= 11 is 7.85. The SMILES string of the molecule is CN(Cc1ccccc1)c1cc(Cl)nc(SCc2cccc(C(=O)NC(Cc3ccccc3)c3ccccc3)c2)n1. The van der Waals surface area contributed by atoms with E-state index in [4.69, 9.17) is 16.6 Å². The van der Waals surface area contributed by atoms with Gasteiger partial charge in [0, 0.05) is 31.0 Å². The van der Waals surface area contributed by atoms with Crippen LogP contribution in [0.5, 0.6) is 0 Å². The number of nitrogens with zero attached hydrogens (tertiary/aromatic N) is 3. The summed E-state index contributed by atoms with van der Waals surface area (Å²) in [7, 11) is 1.99. The maximum Gasteiger partial charge on any atom is 0.251 e. The topological polar surface area (TPSA) is 58.1 Å². The van der Waals surface area contributed by atoms with Gasteiger partial charge in [0.05, 0.1) is 6.04 Å². The molecule has 1 unspecified atom stereocenters. The Kier molecular flexibility index (Phi) is 9.68. The van der Waals surface area contributed by atoms with Gasteiger partial charge in [0.15, 0.2) is 5.16 Å². The van der Waals surface area contributed by atoms with Crippen molar-refractivity contribution in [2.75, 3.05) is 11.9 Å². The number of hydrogen-bond donors (Lipinski definition) is 1. The smallest absolute Gasteiger partial charge is 0.251 e. The number of carbonyl (C=O) groups is 1. The van der Waals surface area contributed by atoms with Crippen LogP contribution in [0.1, 0.15) is 38.7 Å². The highest BCUT2D eigenvalue weighted by molar-refractivity contribution is 7.98. The number of rotatable bonds is 11. The van der Waals surface area contributed by atoms with Crippen molar-refractivity contribution in [3.63, 3.8) is 0 Å². The van der Waals surface area contributed by atoms with Gasteiger partial charge in [0.25, 0.3) is 5.91 Å². The predicted octanol–water partition coefficient (Wildman–Crippen LogP) is 7.77. The van der Waals surface area contributed by atoms with E-state index in [1.165, 1.54) is 22.9 Å². The molecule has 1 aromatic heterocycles. The highest BCUT2D eigenvalue weighted by Gasteiger charge is 2.17. The number of aromatic nitrogens is 2. The van der Waals surface area contributed by atoms with E-state index in [0.29, 0.717) is 34.6 Å². The van der Waals surface area contributed by atoms with E-state index >= 15 is 0 Å². The molecule has 1 heterocycles. The molecule has 0 saturated carbocycles. The normalized spacial score (nSPS) is 11.6. The van der Waals surface area contributed by atoms with Crippen molar-refractivity contribution in [3.8, 4) is 0 Å². The molecule has 1 N–H and O–H groups in total. The minimum absolute atomic E-state index is 0.106. The molecular weight excluding hydrogens is 548 g/mol. The molecule has 7 heteroatoms. The van der Waals surface area contributed by atoms with Crippen molar-refractivity contribution in [2.45, 2.75) is 29.9 Å². The Morgan fingerprint density at radius 1 is 0.805 bits per heavy atom. The van der Waals surface area contributed by atoms with Crippen LogP contribution in [0.3, 0.4) is 0 Å². The van der Waals surface area contributed by atoms with Crippen molar-refractivity contribution >= 4 is 35.1 Å². The molecule has 1 atom stereocenters. The summed E-state index contributed by atoms with van der Waals surface area (Å²) in [6.45, 7) is 0.712. The summed E-state index contributed by atoms with van der Waals surface area (Å²) in [4.78, 5) is 24.6. The number of amides is 1. The Labute approximate surface area is 250 Å². The summed E-state index contributed by atoms with van der Waals surface area (Å²) in [5.41, 5.74) is 5.05. The van der Waals surface area contributed by atoms with Crippen LogP contribution >= 0.6 is 23.4 Å². The minimum atomic E-state index is -0.143. The highest BCUT2D eigenvalue weighted by atomic mass is 35.5. The van der Waals surface area contributed by atoms with E-state index in [-0.39, 0.29) is 11.9 Å². The van der Waals surface area contributed by atoms with Crippen LogP contribution in [0.25, 0.3) is 0 Å². The second kappa shape index (κ2) is 14.0. The number of hydrogen-bond acceptors (Lipinski definition) is 5. The van der Waals surface area contributed by atoms with Gasteiger partial charge in [-0.3, -0.25) is 4.79 Å². The van der Waals surface area contributed by atoms with Gasteiger partial charge in [-0.1, -0.05) is 126 Å². The zero-order chi connectivity index (χ0) is 28.4. The van der Waals surface area contributed by atoms with Gasteiger partial charge in [-0.15, -0.1) is 0 Å². The number of benzene rings is 4. The molecular formula is C34H31ClN4OS.